The number of nitrogens with zero attached hydrogens (tertiary/aromatic N) is 1. The van der Waals surface area contributed by atoms with Crippen molar-refractivity contribution in [1.29, 1.82) is 0 Å². The number of carbonyl (C=O) groups excluding carboxylic acids is 1. The monoisotopic (exact) mass is 421 g/mol. The van der Waals surface area contributed by atoms with E-state index in [9.17, 15) is 14.7 Å². The normalized spacial score (nSPS) is 20.1. The minimum Gasteiger partial charge on any atom is -0.469 e. The number of esters is 1. The van der Waals surface area contributed by atoms with Crippen LogP contribution in [0, 0.1) is 5.41 Å². The van der Waals surface area contributed by atoms with E-state index in [0.29, 0.717) is 18.2 Å². The number of rotatable bonds is 6. The zero-order valence-electron chi connectivity index (χ0n) is 17.5. The van der Waals surface area contributed by atoms with Gasteiger partial charge in [0.15, 0.2) is 5.11 Å². The summed E-state index contributed by atoms with van der Waals surface area (Å²) >= 11 is 5.49. The minimum atomic E-state index is -0.911. The molecule has 1 aromatic rings. The van der Waals surface area contributed by atoms with Crippen LogP contribution < -0.4 is 10.6 Å². The van der Waals surface area contributed by atoms with Crippen molar-refractivity contribution in [3.8, 4) is 0 Å². The average molecular weight is 422 g/mol. The molecule has 3 N–H and O–H groups in total. The van der Waals surface area contributed by atoms with Crippen molar-refractivity contribution in [2.45, 2.75) is 51.6 Å². The van der Waals surface area contributed by atoms with Crippen molar-refractivity contribution in [2.75, 3.05) is 20.2 Å². The van der Waals surface area contributed by atoms with Gasteiger partial charge in [-0.15, -0.1) is 0 Å². The second-order valence-electron chi connectivity index (χ2n) is 8.39. The van der Waals surface area contributed by atoms with Gasteiger partial charge in [0.1, 0.15) is 0 Å². The van der Waals surface area contributed by atoms with E-state index in [4.69, 9.17) is 17.0 Å². The van der Waals surface area contributed by atoms with Crippen LogP contribution in [-0.2, 0) is 9.53 Å². The summed E-state index contributed by atoms with van der Waals surface area (Å²) in [7, 11) is 1.36. The molecule has 2 atom stereocenters. The van der Waals surface area contributed by atoms with Crippen molar-refractivity contribution >= 4 is 29.4 Å². The summed E-state index contributed by atoms with van der Waals surface area (Å²) in [5.41, 5.74) is 0.0884. The van der Waals surface area contributed by atoms with Gasteiger partial charge in [-0.25, -0.2) is 4.79 Å². The molecule has 0 radical (unpaired) electrons. The molecule has 7 nitrogen and oxygen atoms in total. The first-order valence-electron chi connectivity index (χ1n) is 9.77. The van der Waals surface area contributed by atoms with Gasteiger partial charge in [-0.3, -0.25) is 4.79 Å². The summed E-state index contributed by atoms with van der Waals surface area (Å²) < 4.78 is 4.81. The zero-order valence-corrected chi connectivity index (χ0v) is 18.3. The van der Waals surface area contributed by atoms with Gasteiger partial charge in [-0.1, -0.05) is 51.1 Å². The van der Waals surface area contributed by atoms with E-state index in [2.05, 4.69) is 31.4 Å². The Morgan fingerprint density at radius 2 is 1.97 bits per heavy atom. The van der Waals surface area contributed by atoms with Gasteiger partial charge in [-0.2, -0.15) is 0 Å². The van der Waals surface area contributed by atoms with Gasteiger partial charge in [0.2, 0.25) is 0 Å². The minimum absolute atomic E-state index is 0.133. The van der Waals surface area contributed by atoms with Crippen molar-refractivity contribution in [2.24, 2.45) is 5.41 Å². The fourth-order valence-electron chi connectivity index (χ4n) is 4.01. The van der Waals surface area contributed by atoms with Gasteiger partial charge in [0, 0.05) is 13.1 Å². The molecule has 0 spiro atoms. The van der Waals surface area contributed by atoms with E-state index in [1.165, 1.54) is 12.0 Å². The van der Waals surface area contributed by atoms with Gasteiger partial charge < -0.3 is 25.4 Å². The van der Waals surface area contributed by atoms with Crippen molar-refractivity contribution in [3.05, 3.63) is 35.9 Å². The number of ether oxygens (including phenoxy) is 1. The molecule has 1 fully saturated rings. The molecule has 1 saturated heterocycles. The number of methoxy groups -OCH3 is 1. The summed E-state index contributed by atoms with van der Waals surface area (Å²) in [6.07, 6.45) is 0.808. The number of carbonyl (C=O) groups is 2. The van der Waals surface area contributed by atoms with E-state index in [1.54, 1.807) is 0 Å². The average Bonchev–Trinajstić information content (AvgIpc) is 3.12. The van der Waals surface area contributed by atoms with E-state index in [-0.39, 0.29) is 23.8 Å². The molecule has 1 aliphatic heterocycles. The molecule has 0 aromatic heterocycles. The van der Waals surface area contributed by atoms with Gasteiger partial charge in [0.25, 0.3) is 0 Å². The first-order valence-corrected chi connectivity index (χ1v) is 10.2. The topological polar surface area (TPSA) is 90.9 Å². The lowest BCUT2D eigenvalue weighted by Crippen LogP contribution is -2.61. The molecule has 1 unspecified atom stereocenters. The Labute approximate surface area is 177 Å². The maximum atomic E-state index is 11.8. The summed E-state index contributed by atoms with van der Waals surface area (Å²) in [6.45, 7) is 7.07. The van der Waals surface area contributed by atoms with Crippen LogP contribution in [0.4, 0.5) is 4.79 Å². The number of amides is 1. The molecule has 0 bridgehead atoms. The Kier molecular flexibility index (Phi) is 7.46. The highest BCUT2D eigenvalue weighted by Gasteiger charge is 2.51. The Morgan fingerprint density at radius 3 is 2.52 bits per heavy atom. The Morgan fingerprint density at radius 1 is 1.31 bits per heavy atom. The van der Waals surface area contributed by atoms with Gasteiger partial charge in [-0.05, 0) is 36.0 Å². The quantitative estimate of drug-likeness (QED) is 0.479. The first kappa shape index (κ1) is 22.9. The second kappa shape index (κ2) is 9.43. The number of hydrogen-bond acceptors (Lipinski definition) is 4. The van der Waals surface area contributed by atoms with Crippen molar-refractivity contribution in [3.63, 3.8) is 0 Å². The van der Waals surface area contributed by atoms with E-state index < -0.39 is 11.6 Å². The van der Waals surface area contributed by atoms with Gasteiger partial charge in [0.05, 0.1) is 25.1 Å². The molecule has 1 amide bonds. The fourth-order valence-corrected chi connectivity index (χ4v) is 4.22. The van der Waals surface area contributed by atoms with Crippen molar-refractivity contribution in [1.82, 2.24) is 15.5 Å². The Balaban J connectivity index is 2.12. The second-order valence-corrected chi connectivity index (χ2v) is 8.80. The van der Waals surface area contributed by atoms with Crippen molar-refractivity contribution < 1.29 is 19.4 Å². The third-order valence-corrected chi connectivity index (χ3v) is 6.03. The number of hydrogen-bond donors (Lipinski definition) is 3. The molecular formula is C21H31N3O4S. The first-order chi connectivity index (χ1) is 13.6. The summed E-state index contributed by atoms with van der Waals surface area (Å²) in [6, 6.07) is 9.20. The Bertz CT molecular complexity index is 735. The van der Waals surface area contributed by atoms with Crippen LogP contribution in [0.25, 0.3) is 0 Å². The molecule has 1 heterocycles. The number of thiocarbonyl (C=S) groups is 1. The molecule has 0 saturated carbocycles. The lowest BCUT2D eigenvalue weighted by atomic mass is 9.71. The Hall–Kier alpha value is -2.35. The molecule has 160 valence electrons. The van der Waals surface area contributed by atoms with Crippen LogP contribution >= 0.6 is 12.2 Å². The maximum absolute atomic E-state index is 11.8. The van der Waals surface area contributed by atoms with Crippen LogP contribution in [0.15, 0.2) is 30.3 Å². The largest absolute Gasteiger partial charge is 0.469 e. The highest BCUT2D eigenvalue weighted by molar-refractivity contribution is 7.80. The van der Waals surface area contributed by atoms with Crippen LogP contribution in [0.3, 0.4) is 0 Å². The molecule has 8 heteroatoms. The lowest BCUT2D eigenvalue weighted by molar-refractivity contribution is -0.141. The smallest absolute Gasteiger partial charge is 0.407 e. The fraction of sp³-hybridized carbons (Fsp3) is 0.571. The summed E-state index contributed by atoms with van der Waals surface area (Å²) in [5.74, 6) is -0.340. The number of benzene rings is 1. The predicted molar refractivity (Wildman–Crippen MR) is 116 cm³/mol. The molecular weight excluding hydrogens is 390 g/mol. The number of nitrogens with one attached hydrogen (secondary N) is 2. The molecule has 2 rings (SSSR count). The van der Waals surface area contributed by atoms with E-state index in [0.717, 1.165) is 18.4 Å². The van der Waals surface area contributed by atoms with Crippen LogP contribution in [0.1, 0.15) is 51.6 Å². The van der Waals surface area contributed by atoms with Crippen LogP contribution in [0.5, 0.6) is 0 Å². The number of carboxylic acid groups (broad SMARTS) is 1. The highest BCUT2D eigenvalue weighted by atomic mass is 32.1. The third kappa shape index (κ3) is 5.38. The highest BCUT2D eigenvalue weighted by Crippen LogP contribution is 2.43. The summed E-state index contributed by atoms with van der Waals surface area (Å²) in [5, 5.41) is 16.5. The molecule has 0 aliphatic carbocycles. The van der Waals surface area contributed by atoms with E-state index >= 15 is 0 Å². The van der Waals surface area contributed by atoms with Crippen LogP contribution in [0.2, 0.25) is 0 Å². The van der Waals surface area contributed by atoms with Crippen LogP contribution in [-0.4, -0.2) is 52.9 Å². The molecule has 1 aromatic carbocycles. The third-order valence-electron chi connectivity index (χ3n) is 5.76. The summed E-state index contributed by atoms with van der Waals surface area (Å²) in [4.78, 5) is 25.2. The maximum Gasteiger partial charge on any atom is 0.407 e. The lowest BCUT2D eigenvalue weighted by Gasteiger charge is -2.47. The molecule has 29 heavy (non-hydrogen) atoms. The molecule has 1 aliphatic rings. The SMILES string of the molecule is COC(=O)C[C@H](NC(=S)NCC1(C(C)(C)C)CCCN1C(=O)O)c1ccccc1. The van der Waals surface area contributed by atoms with E-state index in [1.807, 2.05) is 30.3 Å². The zero-order chi connectivity index (χ0) is 21.7. The predicted octanol–water partition coefficient (Wildman–Crippen LogP) is 3.31. The van der Waals surface area contributed by atoms with Gasteiger partial charge >= 0.3 is 12.1 Å². The standard InChI is InChI=1S/C21H31N3O4S/c1-20(2,3)21(11-8-12-24(21)19(26)27)14-22-18(29)23-16(13-17(25)28-4)15-9-6-5-7-10-15/h5-7,9-10,16H,8,11-14H2,1-4H3,(H,26,27)(H2,22,23,29)/t16-,21?/m0/s1. The number of likely N-dealkylation sites (tertiary alicyclic amines) is 1.